The Bertz CT molecular complexity index is 883. The number of rotatable bonds is 8. The minimum Gasteiger partial charge on any atom is -0.496 e. The summed E-state index contributed by atoms with van der Waals surface area (Å²) in [6, 6.07) is 5.84. The number of likely N-dealkylation sites (tertiary alicyclic amines) is 1. The molecule has 0 saturated carbocycles. The van der Waals surface area contributed by atoms with Crippen molar-refractivity contribution < 1.29 is 34.1 Å². The summed E-state index contributed by atoms with van der Waals surface area (Å²) in [6.45, 7) is 3.64. The maximum Gasteiger partial charge on any atom is 0.325 e. The van der Waals surface area contributed by atoms with Crippen molar-refractivity contribution in [1.29, 1.82) is 0 Å². The Morgan fingerprint density at radius 3 is 2.55 bits per heavy atom. The lowest BCUT2D eigenvalue weighted by atomic mass is 9.77. The van der Waals surface area contributed by atoms with Crippen molar-refractivity contribution in [2.24, 2.45) is 11.8 Å². The van der Waals surface area contributed by atoms with Crippen LogP contribution < -0.4 is 10.1 Å². The SMILES string of the molecule is C=CCCN1C(=O)C2C(c3ccccc3OC)NC(CC(=O)O)(C(=O)O)C2C1=O. The zero-order valence-corrected chi connectivity index (χ0v) is 15.8. The Morgan fingerprint density at radius 1 is 1.28 bits per heavy atom. The molecule has 154 valence electrons. The maximum absolute atomic E-state index is 13.1. The van der Waals surface area contributed by atoms with Gasteiger partial charge in [-0.3, -0.25) is 29.4 Å². The molecule has 2 aliphatic heterocycles. The molecular formula is C20H22N2O7. The third-order valence-corrected chi connectivity index (χ3v) is 5.59. The van der Waals surface area contributed by atoms with E-state index in [0.717, 1.165) is 4.90 Å². The minimum absolute atomic E-state index is 0.0651. The van der Waals surface area contributed by atoms with Crippen molar-refractivity contribution in [1.82, 2.24) is 10.2 Å². The van der Waals surface area contributed by atoms with E-state index in [1.807, 2.05) is 0 Å². The summed E-state index contributed by atoms with van der Waals surface area (Å²) in [4.78, 5) is 51.0. The van der Waals surface area contributed by atoms with E-state index in [4.69, 9.17) is 4.74 Å². The zero-order chi connectivity index (χ0) is 21.3. The van der Waals surface area contributed by atoms with Crippen LogP contribution in [0, 0.1) is 11.8 Å². The van der Waals surface area contributed by atoms with Crippen LogP contribution in [0.15, 0.2) is 36.9 Å². The monoisotopic (exact) mass is 402 g/mol. The van der Waals surface area contributed by atoms with Crippen molar-refractivity contribution >= 4 is 23.8 Å². The van der Waals surface area contributed by atoms with Crippen molar-refractivity contribution in [2.45, 2.75) is 24.4 Å². The summed E-state index contributed by atoms with van der Waals surface area (Å²) in [7, 11) is 1.44. The fourth-order valence-corrected chi connectivity index (χ4v) is 4.37. The van der Waals surface area contributed by atoms with Crippen molar-refractivity contribution in [3.63, 3.8) is 0 Å². The number of carboxylic acids is 2. The van der Waals surface area contributed by atoms with Gasteiger partial charge in [-0.25, -0.2) is 0 Å². The number of fused-ring (bicyclic) bond motifs is 1. The van der Waals surface area contributed by atoms with Gasteiger partial charge in [-0.05, 0) is 12.5 Å². The Kier molecular flexibility index (Phi) is 5.43. The van der Waals surface area contributed by atoms with Crippen LogP contribution in [0.3, 0.4) is 0 Å². The molecule has 2 aliphatic rings. The van der Waals surface area contributed by atoms with Gasteiger partial charge in [0.25, 0.3) is 0 Å². The molecule has 2 saturated heterocycles. The van der Waals surface area contributed by atoms with Crippen LogP contribution >= 0.6 is 0 Å². The van der Waals surface area contributed by atoms with Gasteiger partial charge in [0.05, 0.1) is 25.4 Å². The fourth-order valence-electron chi connectivity index (χ4n) is 4.37. The van der Waals surface area contributed by atoms with E-state index in [9.17, 15) is 29.4 Å². The van der Waals surface area contributed by atoms with Crippen LogP contribution in [0.25, 0.3) is 0 Å². The summed E-state index contributed by atoms with van der Waals surface area (Å²) >= 11 is 0. The molecule has 0 bridgehead atoms. The number of nitrogens with one attached hydrogen (secondary N) is 1. The van der Waals surface area contributed by atoms with E-state index in [1.54, 1.807) is 30.3 Å². The lowest BCUT2D eigenvalue weighted by molar-refractivity contribution is -0.156. The standard InChI is InChI=1S/C20H22N2O7/c1-3-4-9-22-17(25)14-15(18(22)26)20(19(27)28,10-13(23)24)21-16(14)11-7-5-6-8-12(11)29-2/h3,5-8,14-16,21H,1,4,9-10H2,2H3,(H,23,24)(H,27,28). The Balaban J connectivity index is 2.16. The van der Waals surface area contributed by atoms with Crippen molar-refractivity contribution in [3.05, 3.63) is 42.5 Å². The molecule has 3 rings (SSSR count). The molecule has 1 aromatic carbocycles. The number of ether oxygens (including phenoxy) is 1. The average molecular weight is 402 g/mol. The first kappa shape index (κ1) is 20.5. The molecule has 2 heterocycles. The number of hydrogen-bond donors (Lipinski definition) is 3. The highest BCUT2D eigenvalue weighted by Crippen LogP contribution is 2.51. The predicted molar refractivity (Wildman–Crippen MR) is 100 cm³/mol. The molecule has 0 aliphatic carbocycles. The van der Waals surface area contributed by atoms with Gasteiger partial charge >= 0.3 is 11.9 Å². The Hall–Kier alpha value is -3.20. The van der Waals surface area contributed by atoms with Gasteiger partial charge in [-0.1, -0.05) is 24.3 Å². The highest BCUT2D eigenvalue weighted by Gasteiger charge is 2.69. The second-order valence-corrected chi connectivity index (χ2v) is 7.12. The van der Waals surface area contributed by atoms with Crippen LogP contribution in [0.5, 0.6) is 5.75 Å². The number of carbonyl (C=O) groups excluding carboxylic acids is 2. The lowest BCUT2D eigenvalue weighted by Gasteiger charge is -2.30. The lowest BCUT2D eigenvalue weighted by Crippen LogP contribution is -2.57. The first-order valence-corrected chi connectivity index (χ1v) is 9.10. The van der Waals surface area contributed by atoms with Gasteiger partial charge in [-0.15, -0.1) is 6.58 Å². The van der Waals surface area contributed by atoms with Crippen LogP contribution in [0.4, 0.5) is 0 Å². The third kappa shape index (κ3) is 3.17. The number of amides is 2. The first-order valence-electron chi connectivity index (χ1n) is 9.10. The normalized spacial score (nSPS) is 28.3. The van der Waals surface area contributed by atoms with E-state index < -0.39 is 53.6 Å². The van der Waals surface area contributed by atoms with Crippen LogP contribution in [-0.4, -0.2) is 58.1 Å². The number of carboxylic acid groups (broad SMARTS) is 2. The first-order chi connectivity index (χ1) is 13.8. The highest BCUT2D eigenvalue weighted by molar-refractivity contribution is 6.10. The summed E-state index contributed by atoms with van der Waals surface area (Å²) in [5.74, 6) is -6.08. The average Bonchev–Trinajstić information content (AvgIpc) is 3.15. The largest absolute Gasteiger partial charge is 0.496 e. The molecule has 0 radical (unpaired) electrons. The van der Waals surface area contributed by atoms with Gasteiger partial charge in [-0.2, -0.15) is 0 Å². The summed E-state index contributed by atoms with van der Waals surface area (Å²) in [5, 5.41) is 22.2. The van der Waals surface area contributed by atoms with E-state index >= 15 is 0 Å². The maximum atomic E-state index is 13.1. The molecule has 29 heavy (non-hydrogen) atoms. The minimum atomic E-state index is -2.11. The van der Waals surface area contributed by atoms with Crippen LogP contribution in [-0.2, 0) is 19.2 Å². The van der Waals surface area contributed by atoms with Crippen molar-refractivity contribution in [2.75, 3.05) is 13.7 Å². The second-order valence-electron chi connectivity index (χ2n) is 7.12. The molecule has 4 unspecified atom stereocenters. The number of carbonyl (C=O) groups is 4. The molecular weight excluding hydrogens is 380 g/mol. The summed E-state index contributed by atoms with van der Waals surface area (Å²) < 4.78 is 5.34. The highest BCUT2D eigenvalue weighted by atomic mass is 16.5. The molecule has 3 N–H and O–H groups in total. The summed E-state index contributed by atoms with van der Waals surface area (Å²) in [6.07, 6.45) is 1.05. The smallest absolute Gasteiger partial charge is 0.325 e. The number of imide groups is 1. The molecule has 9 heteroatoms. The fraction of sp³-hybridized carbons (Fsp3) is 0.400. The van der Waals surface area contributed by atoms with E-state index in [1.165, 1.54) is 7.11 Å². The number of benzene rings is 1. The predicted octanol–water partition coefficient (Wildman–Crippen LogP) is 0.815. The second kappa shape index (κ2) is 7.67. The zero-order valence-electron chi connectivity index (χ0n) is 15.8. The van der Waals surface area contributed by atoms with E-state index in [-0.39, 0.29) is 6.54 Å². The Morgan fingerprint density at radius 2 is 1.97 bits per heavy atom. The van der Waals surface area contributed by atoms with Gasteiger partial charge in [0.1, 0.15) is 11.3 Å². The van der Waals surface area contributed by atoms with Crippen LogP contribution in [0.1, 0.15) is 24.4 Å². The van der Waals surface area contributed by atoms with E-state index in [0.29, 0.717) is 17.7 Å². The number of methoxy groups -OCH3 is 1. The Labute approximate surface area is 166 Å². The number of nitrogens with zero attached hydrogens (tertiary/aromatic N) is 1. The molecule has 4 atom stereocenters. The van der Waals surface area contributed by atoms with Gasteiger partial charge in [0.2, 0.25) is 11.8 Å². The summed E-state index contributed by atoms with van der Waals surface area (Å²) in [5.41, 5.74) is -1.62. The quantitative estimate of drug-likeness (QED) is 0.430. The van der Waals surface area contributed by atoms with Gasteiger partial charge in [0.15, 0.2) is 0 Å². The molecule has 0 spiro atoms. The topological polar surface area (TPSA) is 133 Å². The molecule has 2 fully saturated rings. The number of para-hydroxylation sites is 1. The molecule has 1 aromatic rings. The van der Waals surface area contributed by atoms with E-state index in [2.05, 4.69) is 11.9 Å². The molecule has 2 amide bonds. The number of aliphatic carboxylic acids is 2. The molecule has 0 aromatic heterocycles. The third-order valence-electron chi connectivity index (χ3n) is 5.59. The van der Waals surface area contributed by atoms with Crippen molar-refractivity contribution in [3.8, 4) is 5.75 Å². The van der Waals surface area contributed by atoms with Gasteiger partial charge < -0.3 is 14.9 Å². The van der Waals surface area contributed by atoms with Crippen LogP contribution in [0.2, 0.25) is 0 Å². The van der Waals surface area contributed by atoms with Gasteiger partial charge in [0, 0.05) is 18.2 Å². The molecule has 9 nitrogen and oxygen atoms in total. The number of hydrogen-bond acceptors (Lipinski definition) is 6.